The lowest BCUT2D eigenvalue weighted by atomic mass is 10.2. The van der Waals surface area contributed by atoms with E-state index in [-0.39, 0.29) is 11.1 Å². The predicted octanol–water partition coefficient (Wildman–Crippen LogP) is 3.49. The molecule has 150 valence electrons. The van der Waals surface area contributed by atoms with E-state index in [1.165, 1.54) is 48.8 Å². The summed E-state index contributed by atoms with van der Waals surface area (Å²) < 4.78 is 27.1. The minimum Gasteiger partial charge on any atom is -0.267 e. The van der Waals surface area contributed by atoms with Gasteiger partial charge >= 0.3 is 0 Å². The zero-order valence-electron chi connectivity index (χ0n) is 15.5. The number of hydrogen-bond acceptors (Lipinski definition) is 4. The van der Waals surface area contributed by atoms with E-state index < -0.39 is 23.4 Å². The van der Waals surface area contributed by atoms with Crippen LogP contribution in [-0.2, 0) is 0 Å². The first-order valence-electron chi connectivity index (χ1n) is 8.80. The molecule has 3 aromatic rings. The maximum Gasteiger partial charge on any atom is 0.274 e. The molecule has 0 radical (unpaired) electrons. The number of carbonyl (C=O) groups is 2. The Morgan fingerprint density at radius 2 is 1.00 bits per heavy atom. The molecule has 0 saturated carbocycles. The van der Waals surface area contributed by atoms with Crippen LogP contribution in [0.25, 0.3) is 0 Å². The third kappa shape index (κ3) is 5.41. The fraction of sp³-hybridized carbons (Fsp3) is 0. The van der Waals surface area contributed by atoms with Gasteiger partial charge in [-0.25, -0.2) is 19.6 Å². The lowest BCUT2D eigenvalue weighted by Gasteiger charge is -2.01. The number of hydrogen-bond donors (Lipinski definition) is 2. The summed E-state index contributed by atoms with van der Waals surface area (Å²) in [5.41, 5.74) is 5.67. The molecule has 3 rings (SSSR count). The smallest absolute Gasteiger partial charge is 0.267 e. The Balaban J connectivity index is 1.53. The molecule has 0 aliphatic rings. The molecule has 3 aromatic carbocycles. The van der Waals surface area contributed by atoms with Crippen molar-refractivity contribution in [1.82, 2.24) is 10.9 Å². The van der Waals surface area contributed by atoms with Gasteiger partial charge in [-0.3, -0.25) is 9.59 Å². The Hall–Kier alpha value is -4.20. The van der Waals surface area contributed by atoms with Crippen molar-refractivity contribution in [2.45, 2.75) is 0 Å². The van der Waals surface area contributed by atoms with Crippen LogP contribution in [0, 0.1) is 11.6 Å². The van der Waals surface area contributed by atoms with Crippen molar-refractivity contribution in [3.63, 3.8) is 0 Å². The number of halogens is 2. The van der Waals surface area contributed by atoms with Crippen LogP contribution in [0.3, 0.4) is 0 Å². The number of rotatable bonds is 6. The minimum absolute atomic E-state index is 0.0985. The van der Waals surface area contributed by atoms with Gasteiger partial charge in [-0.05, 0) is 35.4 Å². The topological polar surface area (TPSA) is 82.9 Å². The van der Waals surface area contributed by atoms with Crippen LogP contribution in [0.1, 0.15) is 31.8 Å². The van der Waals surface area contributed by atoms with E-state index in [1.54, 1.807) is 36.4 Å². The molecule has 6 nitrogen and oxygen atoms in total. The highest BCUT2D eigenvalue weighted by molar-refractivity contribution is 5.96. The molecule has 0 aliphatic carbocycles. The Morgan fingerprint density at radius 3 is 1.37 bits per heavy atom. The van der Waals surface area contributed by atoms with Crippen LogP contribution in [0.15, 0.2) is 83.0 Å². The second-order valence-electron chi connectivity index (χ2n) is 6.02. The molecule has 0 unspecified atom stereocenters. The first-order valence-corrected chi connectivity index (χ1v) is 8.80. The molecule has 8 heteroatoms. The molecular weight excluding hydrogens is 390 g/mol. The van der Waals surface area contributed by atoms with E-state index in [2.05, 4.69) is 21.1 Å². The number of carbonyl (C=O) groups excluding carboxylic acids is 2. The molecule has 0 atom stereocenters. The molecule has 2 N–H and O–H groups in total. The molecule has 0 spiro atoms. The normalized spacial score (nSPS) is 11.0. The highest BCUT2D eigenvalue weighted by Gasteiger charge is 2.10. The summed E-state index contributed by atoms with van der Waals surface area (Å²) in [6.45, 7) is 0. The number of nitrogens with zero attached hydrogens (tertiary/aromatic N) is 2. The first-order chi connectivity index (χ1) is 14.5. The van der Waals surface area contributed by atoms with Crippen molar-refractivity contribution in [2.24, 2.45) is 10.2 Å². The molecule has 0 heterocycles. The molecule has 0 bridgehead atoms. The molecule has 0 saturated heterocycles. The van der Waals surface area contributed by atoms with Gasteiger partial charge in [0.2, 0.25) is 0 Å². The van der Waals surface area contributed by atoms with Crippen LogP contribution in [0.2, 0.25) is 0 Å². The van der Waals surface area contributed by atoms with E-state index in [0.29, 0.717) is 11.1 Å². The van der Waals surface area contributed by atoms with Crippen molar-refractivity contribution < 1.29 is 18.4 Å². The fourth-order valence-corrected chi connectivity index (χ4v) is 2.41. The lowest BCUT2D eigenvalue weighted by molar-refractivity contribution is 0.0942. The summed E-state index contributed by atoms with van der Waals surface area (Å²) in [5, 5.41) is 7.60. The highest BCUT2D eigenvalue weighted by Crippen LogP contribution is 2.07. The van der Waals surface area contributed by atoms with Gasteiger partial charge in [-0.15, -0.1) is 0 Å². The summed E-state index contributed by atoms with van der Waals surface area (Å²) in [7, 11) is 0. The lowest BCUT2D eigenvalue weighted by Crippen LogP contribution is -2.19. The van der Waals surface area contributed by atoms with Crippen molar-refractivity contribution in [1.29, 1.82) is 0 Å². The summed E-state index contributed by atoms with van der Waals surface area (Å²) >= 11 is 0. The zero-order valence-corrected chi connectivity index (χ0v) is 15.5. The van der Waals surface area contributed by atoms with Crippen LogP contribution < -0.4 is 10.9 Å². The van der Waals surface area contributed by atoms with Gasteiger partial charge in [0, 0.05) is 0 Å². The molecule has 0 aromatic heterocycles. The standard InChI is InChI=1S/C22H16F2N4O2/c23-19-7-3-1-5-17(19)21(29)27-25-13-15-9-11-16(12-10-15)14-26-28-22(30)18-6-2-4-8-20(18)24/h1-14H,(H,27,29)(H,28,30)/b25-13-,26-14-. The monoisotopic (exact) mass is 406 g/mol. The SMILES string of the molecule is O=C(N/N=C\c1ccc(/C=N\NC(=O)c2ccccc2F)cc1)c1ccccc1F. The average molecular weight is 406 g/mol. The van der Waals surface area contributed by atoms with Gasteiger partial charge in [-0.2, -0.15) is 10.2 Å². The third-order valence-electron chi connectivity index (χ3n) is 3.93. The van der Waals surface area contributed by atoms with Gasteiger partial charge < -0.3 is 0 Å². The Kier molecular flexibility index (Phi) is 6.73. The summed E-state index contributed by atoms with van der Waals surface area (Å²) in [4.78, 5) is 23.7. The minimum atomic E-state index is -0.654. The van der Waals surface area contributed by atoms with Crippen LogP contribution in [0.5, 0.6) is 0 Å². The maximum absolute atomic E-state index is 13.5. The highest BCUT2D eigenvalue weighted by atomic mass is 19.1. The second kappa shape index (κ2) is 9.83. The van der Waals surface area contributed by atoms with Crippen molar-refractivity contribution in [2.75, 3.05) is 0 Å². The zero-order chi connectivity index (χ0) is 21.3. The van der Waals surface area contributed by atoms with Crippen molar-refractivity contribution >= 4 is 24.2 Å². The van der Waals surface area contributed by atoms with Gasteiger partial charge in [0.1, 0.15) is 11.6 Å². The quantitative estimate of drug-likeness (QED) is 0.485. The van der Waals surface area contributed by atoms with Gasteiger partial charge in [0.05, 0.1) is 23.6 Å². The van der Waals surface area contributed by atoms with E-state index in [9.17, 15) is 18.4 Å². The second-order valence-corrected chi connectivity index (χ2v) is 6.02. The molecule has 2 amide bonds. The Bertz CT molecular complexity index is 1020. The summed E-state index contributed by atoms with van der Waals surface area (Å²) in [6.07, 6.45) is 2.80. The van der Waals surface area contributed by atoms with Crippen LogP contribution in [0.4, 0.5) is 8.78 Å². The number of hydrazone groups is 2. The van der Waals surface area contributed by atoms with Gasteiger partial charge in [-0.1, -0.05) is 48.5 Å². The van der Waals surface area contributed by atoms with Crippen molar-refractivity contribution in [3.05, 3.63) is 107 Å². The van der Waals surface area contributed by atoms with Gasteiger partial charge in [0.15, 0.2) is 0 Å². The number of nitrogens with one attached hydrogen (secondary N) is 2. The maximum atomic E-state index is 13.5. The average Bonchev–Trinajstić information content (AvgIpc) is 2.75. The van der Waals surface area contributed by atoms with E-state index >= 15 is 0 Å². The Morgan fingerprint density at radius 1 is 0.633 bits per heavy atom. The predicted molar refractivity (Wildman–Crippen MR) is 109 cm³/mol. The first kappa shape index (κ1) is 20.5. The van der Waals surface area contributed by atoms with Crippen LogP contribution in [-0.4, -0.2) is 24.2 Å². The summed E-state index contributed by atoms with van der Waals surface area (Å²) in [5.74, 6) is -2.57. The number of benzene rings is 3. The van der Waals surface area contributed by atoms with E-state index in [1.807, 2.05) is 0 Å². The van der Waals surface area contributed by atoms with Crippen molar-refractivity contribution in [3.8, 4) is 0 Å². The van der Waals surface area contributed by atoms with E-state index in [4.69, 9.17) is 0 Å². The Labute approximate surface area is 170 Å². The van der Waals surface area contributed by atoms with Crippen LogP contribution >= 0.6 is 0 Å². The number of amides is 2. The molecule has 0 fully saturated rings. The molecule has 0 aliphatic heterocycles. The summed E-state index contributed by atoms with van der Waals surface area (Å²) in [6, 6.07) is 18.0. The fourth-order valence-electron chi connectivity index (χ4n) is 2.41. The van der Waals surface area contributed by atoms with E-state index in [0.717, 1.165) is 0 Å². The molecule has 30 heavy (non-hydrogen) atoms. The largest absolute Gasteiger partial charge is 0.274 e. The third-order valence-corrected chi connectivity index (χ3v) is 3.93. The molecular formula is C22H16F2N4O2. The van der Waals surface area contributed by atoms with Gasteiger partial charge in [0.25, 0.3) is 11.8 Å².